The molecule has 0 spiro atoms. The first-order chi connectivity index (χ1) is 9.45. The Kier molecular flexibility index (Phi) is 3.97. The van der Waals surface area contributed by atoms with Crippen LogP contribution in [0.25, 0.3) is 0 Å². The fourth-order valence-electron chi connectivity index (χ4n) is 1.47. The molecular weight excluding hydrogens is 270 g/mol. The second kappa shape index (κ2) is 5.68. The second-order valence-electron chi connectivity index (χ2n) is 4.15. The zero-order valence-electron chi connectivity index (χ0n) is 10.8. The number of nitrogens with zero attached hydrogens (tertiary/aromatic N) is 1. The molecule has 1 aromatic heterocycles. The van der Waals surface area contributed by atoms with Crippen LogP contribution in [0.5, 0.6) is 5.75 Å². The van der Waals surface area contributed by atoms with Crippen molar-refractivity contribution >= 4 is 11.7 Å². The highest BCUT2D eigenvalue weighted by atomic mass is 19.1. The van der Waals surface area contributed by atoms with Gasteiger partial charge < -0.3 is 14.6 Å². The maximum absolute atomic E-state index is 13.4. The first kappa shape index (κ1) is 14.0. The van der Waals surface area contributed by atoms with E-state index < -0.39 is 23.6 Å². The van der Waals surface area contributed by atoms with Crippen molar-refractivity contribution in [1.29, 1.82) is 0 Å². The molecule has 0 saturated carbocycles. The molecule has 0 fully saturated rings. The lowest BCUT2D eigenvalue weighted by Gasteiger charge is -2.14. The Bertz CT molecular complexity index is 628. The third-order valence-electron chi connectivity index (χ3n) is 2.45. The fourth-order valence-corrected chi connectivity index (χ4v) is 1.47. The quantitative estimate of drug-likeness (QED) is 0.936. The van der Waals surface area contributed by atoms with E-state index in [0.717, 1.165) is 12.1 Å². The molecule has 0 aliphatic carbocycles. The standard InChI is InChI=1S/C13H12F2N2O3/c1-7-5-12(17-20-7)16-13(18)8(2)19-11-4-3-9(14)6-10(11)15/h3-6,8H,1-2H3,(H,16,17,18)/t8-/m1/s1. The Labute approximate surface area is 113 Å². The van der Waals surface area contributed by atoms with Gasteiger partial charge in [-0.05, 0) is 26.0 Å². The average molecular weight is 282 g/mol. The molecule has 20 heavy (non-hydrogen) atoms. The van der Waals surface area contributed by atoms with Crippen LogP contribution >= 0.6 is 0 Å². The summed E-state index contributed by atoms with van der Waals surface area (Å²) >= 11 is 0. The van der Waals surface area contributed by atoms with E-state index >= 15 is 0 Å². The number of aromatic nitrogens is 1. The summed E-state index contributed by atoms with van der Waals surface area (Å²) in [5, 5.41) is 6.04. The number of nitrogens with one attached hydrogen (secondary N) is 1. The molecule has 2 rings (SSSR count). The molecule has 0 unspecified atom stereocenters. The van der Waals surface area contributed by atoms with Crippen LogP contribution in [0.2, 0.25) is 0 Å². The first-order valence-corrected chi connectivity index (χ1v) is 5.81. The number of aryl methyl sites for hydroxylation is 1. The number of benzene rings is 1. The van der Waals surface area contributed by atoms with Crippen molar-refractivity contribution in [3.63, 3.8) is 0 Å². The van der Waals surface area contributed by atoms with Crippen LogP contribution in [0.3, 0.4) is 0 Å². The minimum atomic E-state index is -0.980. The van der Waals surface area contributed by atoms with E-state index in [1.165, 1.54) is 13.0 Å². The van der Waals surface area contributed by atoms with E-state index in [1.54, 1.807) is 6.92 Å². The van der Waals surface area contributed by atoms with Crippen LogP contribution in [0, 0.1) is 18.6 Å². The predicted octanol–water partition coefficient (Wildman–Crippen LogP) is 2.67. The normalized spacial score (nSPS) is 12.0. The lowest BCUT2D eigenvalue weighted by Crippen LogP contribution is -2.30. The van der Waals surface area contributed by atoms with Gasteiger partial charge in [0.15, 0.2) is 23.5 Å². The summed E-state index contributed by atoms with van der Waals surface area (Å²) in [4.78, 5) is 11.8. The van der Waals surface area contributed by atoms with Crippen LogP contribution in [-0.2, 0) is 4.79 Å². The topological polar surface area (TPSA) is 64.4 Å². The Morgan fingerprint density at radius 2 is 2.15 bits per heavy atom. The number of anilines is 1. The third-order valence-corrected chi connectivity index (χ3v) is 2.45. The molecule has 1 heterocycles. The van der Waals surface area contributed by atoms with E-state index in [2.05, 4.69) is 10.5 Å². The minimum absolute atomic E-state index is 0.203. The Balaban J connectivity index is 2.00. The highest BCUT2D eigenvalue weighted by Gasteiger charge is 2.18. The highest BCUT2D eigenvalue weighted by Crippen LogP contribution is 2.19. The summed E-state index contributed by atoms with van der Waals surface area (Å²) in [7, 11) is 0. The van der Waals surface area contributed by atoms with Crippen molar-refractivity contribution < 1.29 is 22.8 Å². The largest absolute Gasteiger partial charge is 0.478 e. The van der Waals surface area contributed by atoms with Crippen LogP contribution < -0.4 is 10.1 Å². The number of hydrogen-bond acceptors (Lipinski definition) is 4. The number of halogens is 2. The number of amides is 1. The van der Waals surface area contributed by atoms with Gasteiger partial charge in [-0.15, -0.1) is 0 Å². The predicted molar refractivity (Wildman–Crippen MR) is 66.3 cm³/mol. The molecule has 106 valence electrons. The molecule has 0 aliphatic heterocycles. The Hall–Kier alpha value is -2.44. The van der Waals surface area contributed by atoms with Gasteiger partial charge in [0.05, 0.1) is 0 Å². The zero-order valence-corrected chi connectivity index (χ0v) is 10.8. The molecule has 0 saturated heterocycles. The molecule has 0 aliphatic rings. The number of hydrogen-bond donors (Lipinski definition) is 1. The zero-order chi connectivity index (χ0) is 14.7. The Morgan fingerprint density at radius 1 is 1.40 bits per heavy atom. The van der Waals surface area contributed by atoms with Crippen LogP contribution in [-0.4, -0.2) is 17.2 Å². The van der Waals surface area contributed by atoms with E-state index in [-0.39, 0.29) is 11.6 Å². The number of ether oxygens (including phenoxy) is 1. The number of carbonyl (C=O) groups is 1. The van der Waals surface area contributed by atoms with Crippen molar-refractivity contribution in [2.75, 3.05) is 5.32 Å². The molecule has 0 radical (unpaired) electrons. The molecule has 2 aromatic rings. The molecule has 5 nitrogen and oxygen atoms in total. The van der Waals surface area contributed by atoms with E-state index in [4.69, 9.17) is 9.26 Å². The van der Waals surface area contributed by atoms with Crippen molar-refractivity contribution in [2.24, 2.45) is 0 Å². The van der Waals surface area contributed by atoms with Gasteiger partial charge in [0.25, 0.3) is 5.91 Å². The van der Waals surface area contributed by atoms with Crippen molar-refractivity contribution in [2.45, 2.75) is 20.0 Å². The van der Waals surface area contributed by atoms with E-state index in [9.17, 15) is 13.6 Å². The summed E-state index contributed by atoms with van der Waals surface area (Å²) in [6.45, 7) is 3.11. The summed E-state index contributed by atoms with van der Waals surface area (Å²) in [6.07, 6.45) is -0.980. The molecular formula is C13H12F2N2O3. The van der Waals surface area contributed by atoms with Crippen LogP contribution in [0.15, 0.2) is 28.8 Å². The molecule has 1 atom stereocenters. The fraction of sp³-hybridized carbons (Fsp3) is 0.231. The van der Waals surface area contributed by atoms with E-state index in [1.807, 2.05) is 0 Å². The van der Waals surface area contributed by atoms with Gasteiger partial charge in [0, 0.05) is 12.1 Å². The van der Waals surface area contributed by atoms with Crippen LogP contribution in [0.4, 0.5) is 14.6 Å². The molecule has 1 N–H and O–H groups in total. The molecule has 7 heteroatoms. The number of rotatable bonds is 4. The maximum Gasteiger partial charge on any atom is 0.266 e. The second-order valence-corrected chi connectivity index (χ2v) is 4.15. The SMILES string of the molecule is Cc1cc(NC(=O)[C@@H](C)Oc2ccc(F)cc2F)no1. The van der Waals surface area contributed by atoms with Crippen molar-refractivity contribution in [1.82, 2.24) is 5.16 Å². The van der Waals surface area contributed by atoms with Gasteiger partial charge in [-0.2, -0.15) is 0 Å². The van der Waals surface area contributed by atoms with Crippen molar-refractivity contribution in [3.8, 4) is 5.75 Å². The summed E-state index contributed by atoms with van der Waals surface area (Å²) in [6, 6.07) is 4.38. The van der Waals surface area contributed by atoms with Gasteiger partial charge in [-0.25, -0.2) is 8.78 Å². The van der Waals surface area contributed by atoms with E-state index in [0.29, 0.717) is 11.8 Å². The number of carbonyl (C=O) groups excluding carboxylic acids is 1. The van der Waals surface area contributed by atoms with Gasteiger partial charge in [0.1, 0.15) is 11.6 Å². The molecule has 1 aromatic carbocycles. The monoisotopic (exact) mass is 282 g/mol. The molecule has 0 bridgehead atoms. The smallest absolute Gasteiger partial charge is 0.266 e. The highest BCUT2D eigenvalue weighted by molar-refractivity contribution is 5.93. The third kappa shape index (κ3) is 3.31. The van der Waals surface area contributed by atoms with Gasteiger partial charge in [0.2, 0.25) is 0 Å². The Morgan fingerprint density at radius 3 is 2.75 bits per heavy atom. The summed E-state index contributed by atoms with van der Waals surface area (Å²) in [5.41, 5.74) is 0. The lowest BCUT2D eigenvalue weighted by molar-refractivity contribution is -0.122. The average Bonchev–Trinajstić information content (AvgIpc) is 2.78. The summed E-state index contributed by atoms with van der Waals surface area (Å²) < 4.78 is 36.0. The van der Waals surface area contributed by atoms with Gasteiger partial charge >= 0.3 is 0 Å². The first-order valence-electron chi connectivity index (χ1n) is 5.81. The lowest BCUT2D eigenvalue weighted by atomic mass is 10.3. The van der Waals surface area contributed by atoms with Crippen LogP contribution in [0.1, 0.15) is 12.7 Å². The summed E-state index contributed by atoms with van der Waals surface area (Å²) in [5.74, 6) is -1.54. The molecule has 1 amide bonds. The minimum Gasteiger partial charge on any atom is -0.478 e. The maximum atomic E-state index is 13.4. The van der Waals surface area contributed by atoms with Gasteiger partial charge in [-0.3, -0.25) is 4.79 Å². The van der Waals surface area contributed by atoms with Crippen molar-refractivity contribution in [3.05, 3.63) is 41.7 Å². The van der Waals surface area contributed by atoms with Gasteiger partial charge in [-0.1, -0.05) is 5.16 Å².